The standard InChI is InChI=1S/C14H26B2O4/c1-10(2)7-5-4-6-8-14(15,16)20-13(19)11(3)9-12(17)18/h9-10H,4-8,15-16H2,1-3H3,(H,17,18)/b11-9+. The Morgan fingerprint density at radius 1 is 1.25 bits per heavy atom. The van der Waals surface area contributed by atoms with E-state index < -0.39 is 17.3 Å². The minimum Gasteiger partial charge on any atom is -0.478 e. The fourth-order valence-corrected chi connectivity index (χ4v) is 1.91. The Balaban J connectivity index is 4.12. The second kappa shape index (κ2) is 8.88. The van der Waals surface area contributed by atoms with Crippen LogP contribution in [0.25, 0.3) is 0 Å². The van der Waals surface area contributed by atoms with Gasteiger partial charge in [0.05, 0.1) is 0 Å². The number of hydrogen-bond donors (Lipinski definition) is 1. The summed E-state index contributed by atoms with van der Waals surface area (Å²) in [5.41, 5.74) is 0.116. The summed E-state index contributed by atoms with van der Waals surface area (Å²) < 4.78 is 5.36. The number of rotatable bonds is 9. The molecule has 1 N–H and O–H groups in total. The first-order valence-corrected chi connectivity index (χ1v) is 7.28. The van der Waals surface area contributed by atoms with Crippen LogP contribution in [-0.4, -0.2) is 38.1 Å². The van der Waals surface area contributed by atoms with E-state index in [1.807, 2.05) is 15.7 Å². The van der Waals surface area contributed by atoms with E-state index in [0.717, 1.165) is 31.3 Å². The predicted octanol–water partition coefficient (Wildman–Crippen LogP) is 1.09. The predicted molar refractivity (Wildman–Crippen MR) is 85.2 cm³/mol. The molecule has 0 atom stereocenters. The molecule has 0 rings (SSSR count). The van der Waals surface area contributed by atoms with Gasteiger partial charge in [-0.05, 0) is 19.3 Å². The van der Waals surface area contributed by atoms with Crippen LogP contribution in [0.15, 0.2) is 11.6 Å². The lowest BCUT2D eigenvalue weighted by molar-refractivity contribution is -0.143. The molecule has 0 radical (unpaired) electrons. The summed E-state index contributed by atoms with van der Waals surface area (Å²) >= 11 is 0. The van der Waals surface area contributed by atoms with Crippen LogP contribution in [0.2, 0.25) is 0 Å². The van der Waals surface area contributed by atoms with Gasteiger partial charge in [-0.15, -0.1) is 0 Å². The first kappa shape index (κ1) is 18.8. The average Bonchev–Trinajstić information content (AvgIpc) is 2.26. The van der Waals surface area contributed by atoms with Gasteiger partial charge in [-0.25, -0.2) is 9.59 Å². The van der Waals surface area contributed by atoms with Crippen molar-refractivity contribution in [3.63, 3.8) is 0 Å². The Bertz CT molecular complexity index is 362. The molecule has 6 heteroatoms. The Morgan fingerprint density at radius 2 is 1.85 bits per heavy atom. The van der Waals surface area contributed by atoms with Crippen molar-refractivity contribution in [2.45, 2.75) is 58.3 Å². The number of carboxylic acids is 1. The third-order valence-electron chi connectivity index (χ3n) is 3.09. The highest BCUT2D eigenvalue weighted by Crippen LogP contribution is 2.16. The SMILES string of the molecule is BC(B)(CCCCCC(C)C)OC(=O)/C(C)=C/C(=O)O. The van der Waals surface area contributed by atoms with E-state index in [1.54, 1.807) is 0 Å². The number of aliphatic carboxylic acids is 1. The van der Waals surface area contributed by atoms with E-state index in [4.69, 9.17) is 9.84 Å². The number of carbonyl (C=O) groups excluding carboxylic acids is 1. The van der Waals surface area contributed by atoms with Crippen molar-refractivity contribution in [1.29, 1.82) is 0 Å². The van der Waals surface area contributed by atoms with Crippen LogP contribution in [0.5, 0.6) is 0 Å². The van der Waals surface area contributed by atoms with Gasteiger partial charge in [0.25, 0.3) is 0 Å². The highest BCUT2D eigenvalue weighted by atomic mass is 16.5. The summed E-state index contributed by atoms with van der Waals surface area (Å²) in [6, 6.07) is 0. The largest absolute Gasteiger partial charge is 0.478 e. The van der Waals surface area contributed by atoms with E-state index in [9.17, 15) is 9.59 Å². The first-order chi connectivity index (χ1) is 9.14. The molecule has 0 aromatic rings. The zero-order valence-electron chi connectivity index (χ0n) is 13.4. The van der Waals surface area contributed by atoms with Crippen LogP contribution >= 0.6 is 0 Å². The third-order valence-corrected chi connectivity index (χ3v) is 3.09. The number of ether oxygens (including phenoxy) is 1. The average molecular weight is 280 g/mol. The van der Waals surface area contributed by atoms with E-state index in [-0.39, 0.29) is 5.57 Å². The molecule has 4 nitrogen and oxygen atoms in total. The number of hydrogen-bond acceptors (Lipinski definition) is 3. The minimum atomic E-state index is -1.13. The molecule has 0 heterocycles. The lowest BCUT2D eigenvalue weighted by Gasteiger charge is -2.26. The van der Waals surface area contributed by atoms with Gasteiger partial charge in [-0.3, -0.25) is 0 Å². The zero-order valence-corrected chi connectivity index (χ0v) is 13.4. The number of carbonyl (C=O) groups is 2. The second-order valence-corrected chi connectivity index (χ2v) is 6.31. The Kier molecular flexibility index (Phi) is 8.35. The van der Waals surface area contributed by atoms with Gasteiger partial charge < -0.3 is 9.84 Å². The normalized spacial score (nSPS) is 12.5. The maximum absolute atomic E-state index is 11.7. The topological polar surface area (TPSA) is 63.6 Å². The Morgan fingerprint density at radius 3 is 2.35 bits per heavy atom. The number of unbranched alkanes of at least 4 members (excludes halogenated alkanes) is 2. The van der Waals surface area contributed by atoms with E-state index in [1.165, 1.54) is 19.8 Å². The lowest BCUT2D eigenvalue weighted by atomic mass is 9.62. The number of esters is 1. The maximum atomic E-state index is 11.7. The highest BCUT2D eigenvalue weighted by Gasteiger charge is 2.23. The van der Waals surface area contributed by atoms with Crippen molar-refractivity contribution in [3.8, 4) is 0 Å². The molecule has 0 spiro atoms. The molecule has 0 aromatic carbocycles. The third kappa shape index (κ3) is 9.70. The fraction of sp³-hybridized carbons (Fsp3) is 0.714. The fourth-order valence-electron chi connectivity index (χ4n) is 1.91. The molecule has 20 heavy (non-hydrogen) atoms. The van der Waals surface area contributed by atoms with E-state index in [2.05, 4.69) is 13.8 Å². The molecule has 0 amide bonds. The van der Waals surface area contributed by atoms with Gasteiger partial charge in [0.2, 0.25) is 0 Å². The summed E-state index contributed by atoms with van der Waals surface area (Å²) in [6.07, 6.45) is 6.22. The molecule has 0 saturated carbocycles. The van der Waals surface area contributed by atoms with Crippen LogP contribution < -0.4 is 0 Å². The summed E-state index contributed by atoms with van der Waals surface area (Å²) in [6.45, 7) is 5.88. The monoisotopic (exact) mass is 280 g/mol. The van der Waals surface area contributed by atoms with Gasteiger partial charge in [0, 0.05) is 17.0 Å². The van der Waals surface area contributed by atoms with Gasteiger partial charge in [0.15, 0.2) is 0 Å². The number of carboxylic acid groups (broad SMARTS) is 1. The molecule has 0 bridgehead atoms. The van der Waals surface area contributed by atoms with Gasteiger partial charge in [-0.1, -0.05) is 39.5 Å². The van der Waals surface area contributed by atoms with Crippen LogP contribution in [-0.2, 0) is 14.3 Å². The summed E-state index contributed by atoms with van der Waals surface area (Å²) in [7, 11) is 3.72. The second-order valence-electron chi connectivity index (χ2n) is 6.31. The van der Waals surface area contributed by atoms with Crippen molar-refractivity contribution < 1.29 is 19.4 Å². The van der Waals surface area contributed by atoms with Crippen molar-refractivity contribution in [3.05, 3.63) is 11.6 Å². The molecular weight excluding hydrogens is 254 g/mol. The van der Waals surface area contributed by atoms with Gasteiger partial charge in [0.1, 0.15) is 15.7 Å². The molecule has 0 saturated heterocycles. The summed E-state index contributed by atoms with van der Waals surface area (Å²) in [5, 5.41) is 8.04. The molecule has 0 fully saturated rings. The van der Waals surface area contributed by atoms with Crippen LogP contribution in [0.1, 0.15) is 52.9 Å². The van der Waals surface area contributed by atoms with E-state index in [0.29, 0.717) is 0 Å². The summed E-state index contributed by atoms with van der Waals surface area (Å²) in [4.78, 5) is 22.2. The van der Waals surface area contributed by atoms with Crippen LogP contribution in [0, 0.1) is 5.92 Å². The lowest BCUT2D eigenvalue weighted by Crippen LogP contribution is -2.36. The Hall–Kier alpha value is -1.19. The van der Waals surface area contributed by atoms with E-state index >= 15 is 0 Å². The van der Waals surface area contributed by atoms with Crippen LogP contribution in [0.3, 0.4) is 0 Å². The molecule has 0 unspecified atom stereocenters. The highest BCUT2D eigenvalue weighted by molar-refractivity contribution is 6.39. The van der Waals surface area contributed by atoms with Crippen LogP contribution in [0.4, 0.5) is 0 Å². The maximum Gasteiger partial charge on any atom is 0.333 e. The smallest absolute Gasteiger partial charge is 0.333 e. The zero-order chi connectivity index (χ0) is 15.8. The van der Waals surface area contributed by atoms with Crippen molar-refractivity contribution in [1.82, 2.24) is 0 Å². The Labute approximate surface area is 123 Å². The van der Waals surface area contributed by atoms with Crippen molar-refractivity contribution >= 4 is 27.6 Å². The minimum absolute atomic E-state index is 0.116. The molecule has 0 aliphatic carbocycles. The quantitative estimate of drug-likeness (QED) is 0.297. The summed E-state index contributed by atoms with van der Waals surface area (Å²) in [5.74, 6) is -0.963. The van der Waals surface area contributed by atoms with Gasteiger partial charge in [-0.2, -0.15) is 0 Å². The molecule has 112 valence electrons. The first-order valence-electron chi connectivity index (χ1n) is 7.28. The molecular formula is C14H26B2O4. The van der Waals surface area contributed by atoms with Crippen molar-refractivity contribution in [2.24, 2.45) is 5.92 Å². The van der Waals surface area contributed by atoms with Gasteiger partial charge >= 0.3 is 11.9 Å². The molecule has 0 aliphatic rings. The molecule has 0 aromatic heterocycles. The van der Waals surface area contributed by atoms with Crippen molar-refractivity contribution in [2.75, 3.05) is 0 Å². The molecule has 0 aliphatic heterocycles.